The van der Waals surface area contributed by atoms with E-state index in [1.165, 1.54) is 0 Å². The van der Waals surface area contributed by atoms with Crippen molar-refractivity contribution in [3.8, 4) is 5.75 Å². The molecule has 0 aliphatic carbocycles. The summed E-state index contributed by atoms with van der Waals surface area (Å²) in [5, 5.41) is 20.2. The number of aliphatic carboxylic acids is 1. The first kappa shape index (κ1) is 21.3. The van der Waals surface area contributed by atoms with Crippen LogP contribution >= 0.6 is 0 Å². The van der Waals surface area contributed by atoms with Crippen molar-refractivity contribution in [2.75, 3.05) is 6.61 Å². The third-order valence-corrected chi connectivity index (χ3v) is 5.36. The number of aliphatic hydroxyl groups is 1. The van der Waals surface area contributed by atoms with Crippen molar-refractivity contribution in [1.29, 1.82) is 0 Å². The largest absolute Gasteiger partial charge is 0.491 e. The fourth-order valence-electron chi connectivity index (χ4n) is 3.78. The molecule has 2 N–H and O–H groups in total. The minimum Gasteiger partial charge on any atom is -0.491 e. The van der Waals surface area contributed by atoms with Gasteiger partial charge in [-0.25, -0.2) is 0 Å². The summed E-state index contributed by atoms with van der Waals surface area (Å²) < 4.78 is 7.26. The third-order valence-electron chi connectivity index (χ3n) is 5.36. The maximum atomic E-state index is 13.2. The zero-order valence-electron chi connectivity index (χ0n) is 17.6. The van der Waals surface area contributed by atoms with E-state index in [4.69, 9.17) is 9.84 Å². The molecule has 1 heterocycles. The van der Waals surface area contributed by atoms with E-state index in [1.807, 2.05) is 49.4 Å². The summed E-state index contributed by atoms with van der Waals surface area (Å²) in [4.78, 5) is 24.4. The molecule has 0 aliphatic heterocycles. The molecule has 162 valence electrons. The van der Waals surface area contributed by atoms with E-state index in [-0.39, 0.29) is 18.9 Å². The molecule has 0 radical (unpaired) electrons. The van der Waals surface area contributed by atoms with Gasteiger partial charge >= 0.3 is 5.97 Å². The van der Waals surface area contributed by atoms with Crippen LogP contribution in [0.25, 0.3) is 10.9 Å². The quantitative estimate of drug-likeness (QED) is 0.455. The van der Waals surface area contributed by atoms with Gasteiger partial charge in [-0.15, -0.1) is 0 Å². The van der Waals surface area contributed by atoms with Crippen LogP contribution < -0.4 is 4.74 Å². The van der Waals surface area contributed by atoms with Gasteiger partial charge in [0.05, 0.1) is 11.9 Å². The molecule has 1 unspecified atom stereocenters. The summed E-state index contributed by atoms with van der Waals surface area (Å²) in [7, 11) is 0. The van der Waals surface area contributed by atoms with E-state index in [0.717, 1.165) is 16.6 Å². The molecule has 6 nitrogen and oxygen atoms in total. The number of carbonyl (C=O) groups is 2. The van der Waals surface area contributed by atoms with Crippen molar-refractivity contribution < 1.29 is 24.5 Å². The Labute approximate surface area is 185 Å². The number of carbonyl (C=O) groups excluding carboxylic acids is 1. The van der Waals surface area contributed by atoms with Gasteiger partial charge in [0, 0.05) is 16.6 Å². The lowest BCUT2D eigenvalue weighted by molar-refractivity contribution is -0.136. The van der Waals surface area contributed by atoms with E-state index in [9.17, 15) is 14.7 Å². The van der Waals surface area contributed by atoms with Gasteiger partial charge < -0.3 is 14.9 Å². The monoisotopic (exact) mass is 429 g/mol. The molecular formula is C26H23NO5. The molecule has 4 rings (SSSR count). The first-order chi connectivity index (χ1) is 15.4. The zero-order valence-corrected chi connectivity index (χ0v) is 17.6. The Balaban J connectivity index is 1.52. The number of ether oxygens (including phenoxy) is 1. The summed E-state index contributed by atoms with van der Waals surface area (Å²) in [6.07, 6.45) is -0.845. The Morgan fingerprint density at radius 3 is 2.38 bits per heavy atom. The molecule has 6 heteroatoms. The Morgan fingerprint density at radius 1 is 0.969 bits per heavy atom. The van der Waals surface area contributed by atoms with Gasteiger partial charge in [-0.05, 0) is 54.4 Å². The van der Waals surface area contributed by atoms with Gasteiger partial charge in [0.2, 0.25) is 0 Å². The first-order valence-corrected chi connectivity index (χ1v) is 10.3. The van der Waals surface area contributed by atoms with Crippen LogP contribution in [0.1, 0.15) is 33.3 Å². The van der Waals surface area contributed by atoms with Crippen LogP contribution in [0, 0.1) is 6.92 Å². The van der Waals surface area contributed by atoms with Crippen molar-refractivity contribution in [3.05, 3.63) is 101 Å². The molecule has 0 fully saturated rings. The summed E-state index contributed by atoms with van der Waals surface area (Å²) in [6.45, 7) is 1.93. The van der Waals surface area contributed by atoms with Gasteiger partial charge in [-0.3, -0.25) is 14.2 Å². The van der Waals surface area contributed by atoms with Crippen LogP contribution in [-0.4, -0.2) is 33.3 Å². The van der Waals surface area contributed by atoms with Crippen LogP contribution in [-0.2, 0) is 11.2 Å². The molecule has 0 aliphatic rings. The number of rotatable bonds is 7. The van der Waals surface area contributed by atoms with Gasteiger partial charge in [0.15, 0.2) is 0 Å². The number of carboxylic acids is 1. The summed E-state index contributed by atoms with van der Waals surface area (Å²) in [5.41, 5.74) is 3.33. The van der Waals surface area contributed by atoms with Gasteiger partial charge in [-0.2, -0.15) is 0 Å². The third kappa shape index (κ3) is 4.40. The number of hydrogen-bond donors (Lipinski definition) is 2. The fourth-order valence-corrected chi connectivity index (χ4v) is 3.78. The standard InChI is InChI=1S/C26H23NO5/c1-17-14-22-20(15-25(29)30)8-5-9-23(22)27(17)26(31)19-10-12-21(13-11-19)32-16-24(28)18-6-3-2-4-7-18/h2-14,24,28H,15-16H2,1H3,(H,29,30). The number of nitrogens with zero attached hydrogens (tertiary/aromatic N) is 1. The molecule has 1 atom stereocenters. The molecule has 32 heavy (non-hydrogen) atoms. The van der Waals surface area contributed by atoms with Crippen molar-refractivity contribution in [2.24, 2.45) is 0 Å². The maximum Gasteiger partial charge on any atom is 0.307 e. The lowest BCUT2D eigenvalue weighted by Gasteiger charge is -2.13. The van der Waals surface area contributed by atoms with Crippen molar-refractivity contribution >= 4 is 22.8 Å². The van der Waals surface area contributed by atoms with Crippen molar-refractivity contribution in [1.82, 2.24) is 4.57 Å². The van der Waals surface area contributed by atoms with Crippen molar-refractivity contribution in [2.45, 2.75) is 19.4 Å². The number of hydrogen-bond acceptors (Lipinski definition) is 4. The second kappa shape index (κ2) is 9.08. The number of carboxylic acid groups (broad SMARTS) is 1. The number of aryl methyl sites for hydroxylation is 1. The molecule has 0 bridgehead atoms. The molecule has 0 spiro atoms. The SMILES string of the molecule is Cc1cc2c(CC(=O)O)cccc2n1C(=O)c1ccc(OCC(O)c2ccccc2)cc1. The van der Waals surface area contributed by atoms with E-state index < -0.39 is 12.1 Å². The molecule has 0 saturated carbocycles. The Kier molecular flexibility index (Phi) is 6.05. The molecule has 0 amide bonds. The molecular weight excluding hydrogens is 406 g/mol. The van der Waals surface area contributed by atoms with E-state index >= 15 is 0 Å². The smallest absolute Gasteiger partial charge is 0.307 e. The Bertz CT molecular complexity index is 1260. The number of aliphatic hydroxyl groups excluding tert-OH is 1. The summed E-state index contributed by atoms with van der Waals surface area (Å²) >= 11 is 0. The second-order valence-electron chi connectivity index (χ2n) is 7.61. The number of benzene rings is 3. The minimum absolute atomic E-state index is 0.101. The second-order valence-corrected chi connectivity index (χ2v) is 7.61. The first-order valence-electron chi connectivity index (χ1n) is 10.3. The molecule has 1 aromatic heterocycles. The van der Waals surface area contributed by atoms with Crippen LogP contribution in [0.3, 0.4) is 0 Å². The normalized spacial score (nSPS) is 11.9. The minimum atomic E-state index is -0.915. The maximum absolute atomic E-state index is 13.2. The Morgan fingerprint density at radius 2 is 1.69 bits per heavy atom. The van der Waals surface area contributed by atoms with Crippen LogP contribution in [0.2, 0.25) is 0 Å². The lowest BCUT2D eigenvalue weighted by Crippen LogP contribution is -2.13. The number of aromatic nitrogens is 1. The van der Waals surface area contributed by atoms with Gasteiger partial charge in [0.1, 0.15) is 18.5 Å². The van der Waals surface area contributed by atoms with Gasteiger partial charge in [-0.1, -0.05) is 42.5 Å². The van der Waals surface area contributed by atoms with E-state index in [2.05, 4.69) is 0 Å². The van der Waals surface area contributed by atoms with Gasteiger partial charge in [0.25, 0.3) is 5.91 Å². The molecule has 3 aromatic carbocycles. The highest BCUT2D eigenvalue weighted by molar-refractivity contribution is 6.04. The van der Waals surface area contributed by atoms with Crippen LogP contribution in [0.5, 0.6) is 5.75 Å². The topological polar surface area (TPSA) is 88.8 Å². The fraction of sp³-hybridized carbons (Fsp3) is 0.154. The predicted molar refractivity (Wildman–Crippen MR) is 121 cm³/mol. The summed E-state index contributed by atoms with van der Waals surface area (Å²) in [5.74, 6) is -0.572. The van der Waals surface area contributed by atoms with E-state index in [1.54, 1.807) is 41.0 Å². The van der Waals surface area contributed by atoms with E-state index in [0.29, 0.717) is 22.4 Å². The zero-order chi connectivity index (χ0) is 22.7. The van der Waals surface area contributed by atoms with Crippen molar-refractivity contribution in [3.63, 3.8) is 0 Å². The van der Waals surface area contributed by atoms with Crippen LogP contribution in [0.4, 0.5) is 0 Å². The highest BCUT2D eigenvalue weighted by atomic mass is 16.5. The highest BCUT2D eigenvalue weighted by Gasteiger charge is 2.17. The Hall–Kier alpha value is -3.90. The number of fused-ring (bicyclic) bond motifs is 1. The summed E-state index contributed by atoms with van der Waals surface area (Å²) in [6, 6.07) is 23.2. The average molecular weight is 429 g/mol. The average Bonchev–Trinajstić information content (AvgIpc) is 3.14. The highest BCUT2D eigenvalue weighted by Crippen LogP contribution is 2.25. The molecule has 0 saturated heterocycles. The molecule has 4 aromatic rings. The van der Waals surface area contributed by atoms with Crippen LogP contribution in [0.15, 0.2) is 78.9 Å². The lowest BCUT2D eigenvalue weighted by atomic mass is 10.1. The predicted octanol–water partition coefficient (Wildman–Crippen LogP) is 4.38.